The van der Waals surface area contributed by atoms with Crippen LogP contribution >= 0.6 is 0 Å². The van der Waals surface area contributed by atoms with Crippen LogP contribution in [0.15, 0.2) is 36.4 Å². The molecule has 0 aliphatic heterocycles. The molecule has 0 amide bonds. The molecule has 0 saturated heterocycles. The highest BCUT2D eigenvalue weighted by Crippen LogP contribution is 2.38. The van der Waals surface area contributed by atoms with E-state index in [1.807, 2.05) is 26.0 Å². The largest absolute Gasteiger partial charge is 0.504 e. The van der Waals surface area contributed by atoms with E-state index in [1.165, 1.54) is 18.2 Å². The summed E-state index contributed by atoms with van der Waals surface area (Å²) in [6.07, 6.45) is 2.36. The number of phenolic OH excluding ortho intramolecular Hbond substituents is 1. The number of carbonyl (C=O) groups excluding carboxylic acids is 1. The standard InChI is InChI=1S/C22H29NO3/c1-6-22(3,12-11-16-10-8-7-9-15(16)2)21(25)17-13-20(26-5)19(24)14-18(17)23-4/h7-10,13-14,23-24H,6,11-12H2,1-5H3. The van der Waals surface area contributed by atoms with E-state index in [-0.39, 0.29) is 11.5 Å². The van der Waals surface area contributed by atoms with Crippen molar-refractivity contribution in [1.82, 2.24) is 0 Å². The summed E-state index contributed by atoms with van der Waals surface area (Å²) in [5.41, 5.74) is 3.20. The first kappa shape index (κ1) is 19.8. The molecule has 140 valence electrons. The van der Waals surface area contributed by atoms with E-state index in [2.05, 4.69) is 24.4 Å². The number of carbonyl (C=O) groups is 1. The molecule has 4 nitrogen and oxygen atoms in total. The van der Waals surface area contributed by atoms with Gasteiger partial charge < -0.3 is 15.2 Å². The number of aryl methyl sites for hydroxylation is 2. The van der Waals surface area contributed by atoms with Crippen LogP contribution < -0.4 is 10.1 Å². The minimum absolute atomic E-state index is 0.0199. The Kier molecular flexibility index (Phi) is 6.30. The molecule has 0 spiro atoms. The molecule has 0 heterocycles. The van der Waals surface area contributed by atoms with Crippen LogP contribution in [0.25, 0.3) is 0 Å². The second kappa shape index (κ2) is 8.26. The van der Waals surface area contributed by atoms with Crippen LogP contribution in [0.3, 0.4) is 0 Å². The number of hydrogen-bond donors (Lipinski definition) is 2. The number of rotatable bonds is 8. The Morgan fingerprint density at radius 3 is 2.54 bits per heavy atom. The number of phenols is 1. The third-order valence-corrected chi connectivity index (χ3v) is 5.37. The van der Waals surface area contributed by atoms with Crippen LogP contribution in [0.2, 0.25) is 0 Å². The van der Waals surface area contributed by atoms with Gasteiger partial charge in [-0.1, -0.05) is 38.1 Å². The smallest absolute Gasteiger partial charge is 0.170 e. The van der Waals surface area contributed by atoms with E-state index in [0.29, 0.717) is 17.0 Å². The molecule has 1 unspecified atom stereocenters. The Balaban J connectivity index is 2.33. The number of methoxy groups -OCH3 is 1. The van der Waals surface area contributed by atoms with Crippen molar-refractivity contribution < 1.29 is 14.6 Å². The molecule has 0 aliphatic carbocycles. The Morgan fingerprint density at radius 1 is 1.27 bits per heavy atom. The van der Waals surface area contributed by atoms with Gasteiger partial charge in [0.2, 0.25) is 0 Å². The molecule has 0 radical (unpaired) electrons. The molecule has 0 aromatic heterocycles. The SMILES string of the molecule is CCC(C)(CCc1ccccc1C)C(=O)c1cc(OC)c(O)cc1NC. The molecular formula is C22H29NO3. The number of ketones is 1. The Morgan fingerprint density at radius 2 is 1.96 bits per heavy atom. The average molecular weight is 355 g/mol. The number of benzene rings is 2. The summed E-state index contributed by atoms with van der Waals surface area (Å²) in [5.74, 6) is 0.396. The van der Waals surface area contributed by atoms with Crippen molar-refractivity contribution in [2.45, 2.75) is 40.0 Å². The zero-order chi connectivity index (χ0) is 19.3. The summed E-state index contributed by atoms with van der Waals surface area (Å²) >= 11 is 0. The Bertz CT molecular complexity index is 785. The minimum Gasteiger partial charge on any atom is -0.504 e. The van der Waals surface area contributed by atoms with E-state index in [9.17, 15) is 9.90 Å². The predicted molar refractivity (Wildman–Crippen MR) is 106 cm³/mol. The summed E-state index contributed by atoms with van der Waals surface area (Å²) in [7, 11) is 3.23. The van der Waals surface area contributed by atoms with Gasteiger partial charge in [0, 0.05) is 29.8 Å². The molecule has 2 N–H and O–H groups in total. The molecule has 0 bridgehead atoms. The van der Waals surface area contributed by atoms with Crippen LogP contribution in [0.5, 0.6) is 11.5 Å². The highest BCUT2D eigenvalue weighted by molar-refractivity contribution is 6.05. The van der Waals surface area contributed by atoms with Crippen molar-refractivity contribution in [1.29, 1.82) is 0 Å². The lowest BCUT2D eigenvalue weighted by molar-refractivity contribution is 0.0796. The fourth-order valence-electron chi connectivity index (χ4n) is 3.20. The van der Waals surface area contributed by atoms with Crippen LogP contribution in [-0.4, -0.2) is 25.0 Å². The number of Topliss-reactive ketones (excluding diaryl/α,β-unsaturated/α-hetero) is 1. The first-order valence-electron chi connectivity index (χ1n) is 9.04. The van der Waals surface area contributed by atoms with E-state index < -0.39 is 5.41 Å². The highest BCUT2D eigenvalue weighted by atomic mass is 16.5. The van der Waals surface area contributed by atoms with Gasteiger partial charge in [0.15, 0.2) is 17.3 Å². The van der Waals surface area contributed by atoms with Crippen LogP contribution in [0.1, 0.15) is 48.2 Å². The molecular weight excluding hydrogens is 326 g/mol. The maximum Gasteiger partial charge on any atom is 0.170 e. The Hall–Kier alpha value is -2.49. The number of aromatic hydroxyl groups is 1. The van der Waals surface area contributed by atoms with Crippen molar-refractivity contribution in [3.8, 4) is 11.5 Å². The van der Waals surface area contributed by atoms with Crippen molar-refractivity contribution in [3.05, 3.63) is 53.1 Å². The second-order valence-corrected chi connectivity index (χ2v) is 6.99. The van der Waals surface area contributed by atoms with E-state index in [0.717, 1.165) is 19.3 Å². The zero-order valence-corrected chi connectivity index (χ0v) is 16.3. The highest BCUT2D eigenvalue weighted by Gasteiger charge is 2.33. The van der Waals surface area contributed by atoms with Crippen LogP contribution in [0, 0.1) is 12.3 Å². The molecule has 2 aromatic rings. The minimum atomic E-state index is -0.490. The molecule has 2 rings (SSSR count). The maximum atomic E-state index is 13.4. The van der Waals surface area contributed by atoms with Gasteiger partial charge in [0.25, 0.3) is 0 Å². The number of ether oxygens (including phenoxy) is 1. The lowest BCUT2D eigenvalue weighted by atomic mass is 9.75. The fourth-order valence-corrected chi connectivity index (χ4v) is 3.20. The molecule has 0 saturated carbocycles. The van der Waals surface area contributed by atoms with Crippen molar-refractivity contribution in [2.75, 3.05) is 19.5 Å². The predicted octanol–water partition coefficient (Wildman–Crippen LogP) is 4.98. The third kappa shape index (κ3) is 4.01. The van der Waals surface area contributed by atoms with Crippen molar-refractivity contribution >= 4 is 11.5 Å². The lowest BCUT2D eigenvalue weighted by Crippen LogP contribution is -2.28. The maximum absolute atomic E-state index is 13.4. The number of hydrogen-bond acceptors (Lipinski definition) is 4. The monoisotopic (exact) mass is 355 g/mol. The molecule has 4 heteroatoms. The second-order valence-electron chi connectivity index (χ2n) is 6.99. The normalized spacial score (nSPS) is 13.1. The van der Waals surface area contributed by atoms with Crippen LogP contribution in [0.4, 0.5) is 5.69 Å². The fraction of sp³-hybridized carbons (Fsp3) is 0.409. The van der Waals surface area contributed by atoms with E-state index in [4.69, 9.17) is 4.74 Å². The van der Waals surface area contributed by atoms with E-state index in [1.54, 1.807) is 19.2 Å². The summed E-state index contributed by atoms with van der Waals surface area (Å²) < 4.78 is 5.20. The van der Waals surface area contributed by atoms with Crippen molar-refractivity contribution in [2.24, 2.45) is 5.41 Å². The van der Waals surface area contributed by atoms with Gasteiger partial charge in [0.1, 0.15) is 0 Å². The average Bonchev–Trinajstić information content (AvgIpc) is 2.66. The molecule has 26 heavy (non-hydrogen) atoms. The van der Waals surface area contributed by atoms with Gasteiger partial charge in [0.05, 0.1) is 7.11 Å². The number of nitrogens with one attached hydrogen (secondary N) is 1. The summed E-state index contributed by atoms with van der Waals surface area (Å²) in [4.78, 5) is 13.4. The Labute approximate surface area is 156 Å². The van der Waals surface area contributed by atoms with Gasteiger partial charge in [-0.2, -0.15) is 0 Å². The molecule has 1 atom stereocenters. The summed E-state index contributed by atoms with van der Waals surface area (Å²) in [6.45, 7) is 6.17. The van der Waals surface area contributed by atoms with Gasteiger partial charge in [-0.3, -0.25) is 4.79 Å². The molecule has 2 aromatic carbocycles. The molecule has 0 fully saturated rings. The van der Waals surface area contributed by atoms with Gasteiger partial charge >= 0.3 is 0 Å². The lowest BCUT2D eigenvalue weighted by Gasteiger charge is -2.28. The van der Waals surface area contributed by atoms with Crippen molar-refractivity contribution in [3.63, 3.8) is 0 Å². The number of anilines is 1. The first-order valence-corrected chi connectivity index (χ1v) is 9.04. The molecule has 0 aliphatic rings. The topological polar surface area (TPSA) is 58.6 Å². The van der Waals surface area contributed by atoms with Crippen LogP contribution in [-0.2, 0) is 6.42 Å². The zero-order valence-electron chi connectivity index (χ0n) is 16.3. The van der Waals surface area contributed by atoms with Gasteiger partial charge in [-0.25, -0.2) is 0 Å². The third-order valence-electron chi connectivity index (χ3n) is 5.37. The quantitative estimate of drug-likeness (QED) is 0.656. The van der Waals surface area contributed by atoms with E-state index >= 15 is 0 Å². The first-order chi connectivity index (χ1) is 12.4. The van der Waals surface area contributed by atoms with Gasteiger partial charge in [-0.15, -0.1) is 0 Å². The van der Waals surface area contributed by atoms with Gasteiger partial charge in [-0.05, 0) is 43.4 Å². The summed E-state index contributed by atoms with van der Waals surface area (Å²) in [6, 6.07) is 11.5. The summed E-state index contributed by atoms with van der Waals surface area (Å²) in [5, 5.41) is 13.0.